The maximum Gasteiger partial charge on any atom is 0.304 e. The Hall–Kier alpha value is -2.21. The number of hydrogen-bond donors (Lipinski definition) is 1. The number of rotatable bonds is 6. The minimum atomic E-state index is -0.830. The van der Waals surface area contributed by atoms with Gasteiger partial charge in [0.15, 0.2) is 0 Å². The highest BCUT2D eigenvalue weighted by atomic mass is 16.5. The molecule has 2 aliphatic rings. The molecule has 0 aliphatic heterocycles. The third-order valence-electron chi connectivity index (χ3n) is 6.01. The second-order valence-electron chi connectivity index (χ2n) is 8.08. The van der Waals surface area contributed by atoms with Crippen LogP contribution in [-0.2, 0) is 4.79 Å². The van der Waals surface area contributed by atoms with Gasteiger partial charge < -0.3 is 9.84 Å². The molecule has 0 saturated heterocycles. The Morgan fingerprint density at radius 2 is 2.00 bits per heavy atom. The van der Waals surface area contributed by atoms with Gasteiger partial charge in [-0.1, -0.05) is 49.5 Å². The second-order valence-corrected chi connectivity index (χ2v) is 8.08. The molecule has 2 aliphatic carbocycles. The Labute approximate surface area is 162 Å². The summed E-state index contributed by atoms with van der Waals surface area (Å²) in [5.41, 5.74) is 1.45. The molecule has 1 spiro atoms. The molecule has 0 radical (unpaired) electrons. The topological polar surface area (TPSA) is 46.5 Å². The Balaban J connectivity index is 1.56. The molecule has 0 bridgehead atoms. The van der Waals surface area contributed by atoms with E-state index in [-0.39, 0.29) is 12.3 Å². The third kappa shape index (κ3) is 5.39. The van der Waals surface area contributed by atoms with Crippen molar-refractivity contribution in [2.45, 2.75) is 64.2 Å². The van der Waals surface area contributed by atoms with E-state index in [4.69, 9.17) is 9.84 Å². The van der Waals surface area contributed by atoms with Gasteiger partial charge in [-0.25, -0.2) is 0 Å². The molecule has 1 fully saturated rings. The van der Waals surface area contributed by atoms with Crippen LogP contribution in [0.5, 0.6) is 5.75 Å². The van der Waals surface area contributed by atoms with E-state index in [0.717, 1.165) is 11.3 Å². The molecule has 1 N–H and O–H groups in total. The lowest BCUT2D eigenvalue weighted by molar-refractivity contribution is -0.137. The van der Waals surface area contributed by atoms with Crippen molar-refractivity contribution in [3.63, 3.8) is 0 Å². The fourth-order valence-corrected chi connectivity index (χ4v) is 4.64. The van der Waals surface area contributed by atoms with Gasteiger partial charge in [-0.2, -0.15) is 0 Å². The molecule has 1 aromatic carbocycles. The highest BCUT2D eigenvalue weighted by Gasteiger charge is 2.35. The van der Waals surface area contributed by atoms with Crippen LogP contribution in [0.3, 0.4) is 0 Å². The van der Waals surface area contributed by atoms with Gasteiger partial charge in [0.25, 0.3) is 0 Å². The lowest BCUT2D eigenvalue weighted by Gasteiger charge is -2.41. The zero-order chi connectivity index (χ0) is 19.1. The largest absolute Gasteiger partial charge is 0.493 e. The first-order valence-electron chi connectivity index (χ1n) is 10.1. The first-order chi connectivity index (χ1) is 13.1. The van der Waals surface area contributed by atoms with E-state index in [1.54, 1.807) is 6.92 Å². The molecule has 2 atom stereocenters. The van der Waals surface area contributed by atoms with Gasteiger partial charge in [-0.15, -0.1) is 5.92 Å². The Bertz CT molecular complexity index is 714. The molecule has 144 valence electrons. The Kier molecular flexibility index (Phi) is 6.61. The van der Waals surface area contributed by atoms with Crippen LogP contribution in [0.15, 0.2) is 36.4 Å². The maximum atomic E-state index is 11.0. The smallest absolute Gasteiger partial charge is 0.304 e. The van der Waals surface area contributed by atoms with Crippen molar-refractivity contribution < 1.29 is 14.6 Å². The molecule has 0 aromatic heterocycles. The van der Waals surface area contributed by atoms with E-state index in [2.05, 4.69) is 24.0 Å². The minimum Gasteiger partial charge on any atom is -0.493 e. The Morgan fingerprint density at radius 3 is 2.67 bits per heavy atom. The summed E-state index contributed by atoms with van der Waals surface area (Å²) in [6, 6.07) is 7.74. The maximum absolute atomic E-state index is 11.0. The molecule has 1 aromatic rings. The highest BCUT2D eigenvalue weighted by Crippen LogP contribution is 2.47. The molecule has 3 heteroatoms. The molecular formula is C24H30O3. The zero-order valence-corrected chi connectivity index (χ0v) is 16.2. The summed E-state index contributed by atoms with van der Waals surface area (Å²) < 4.78 is 6.05. The first-order valence-corrected chi connectivity index (χ1v) is 10.1. The number of benzene rings is 1. The van der Waals surface area contributed by atoms with Crippen LogP contribution >= 0.6 is 0 Å². The van der Waals surface area contributed by atoms with E-state index in [9.17, 15) is 4.79 Å². The van der Waals surface area contributed by atoms with E-state index in [1.165, 1.54) is 44.9 Å². The van der Waals surface area contributed by atoms with Gasteiger partial charge in [0.05, 0.1) is 18.9 Å². The Morgan fingerprint density at radius 1 is 1.26 bits per heavy atom. The van der Waals surface area contributed by atoms with Crippen LogP contribution in [0, 0.1) is 23.2 Å². The quantitative estimate of drug-likeness (QED) is 0.529. The van der Waals surface area contributed by atoms with Crippen molar-refractivity contribution in [3.05, 3.63) is 42.0 Å². The van der Waals surface area contributed by atoms with Crippen molar-refractivity contribution in [2.24, 2.45) is 11.3 Å². The summed E-state index contributed by atoms with van der Waals surface area (Å²) in [7, 11) is 0. The molecule has 0 amide bonds. The van der Waals surface area contributed by atoms with Gasteiger partial charge in [0, 0.05) is 5.92 Å². The summed E-state index contributed by atoms with van der Waals surface area (Å²) in [6.45, 7) is 2.45. The van der Waals surface area contributed by atoms with Crippen LogP contribution in [0.2, 0.25) is 0 Å². The molecule has 0 heterocycles. The molecule has 3 rings (SSSR count). The zero-order valence-electron chi connectivity index (χ0n) is 16.2. The number of carbonyl (C=O) groups is 1. The number of aliphatic carboxylic acids is 1. The summed E-state index contributed by atoms with van der Waals surface area (Å²) >= 11 is 0. The number of ether oxygens (including phenoxy) is 1. The standard InChI is InChI=1S/C24H30O3/c1-2-7-21(16-23(25)26)20-9-11-22(12-10-20)27-18-19-8-6-15-24(17-19)13-4-3-5-14-24/h6,8-12,19,21H,3-5,13-18H2,1H3,(H,25,26)/t19?,21-/m0/s1. The first kappa shape index (κ1) is 19.5. The van der Waals surface area contributed by atoms with E-state index in [1.807, 2.05) is 24.3 Å². The molecule has 1 unspecified atom stereocenters. The monoisotopic (exact) mass is 366 g/mol. The van der Waals surface area contributed by atoms with Crippen molar-refractivity contribution in [2.75, 3.05) is 6.61 Å². The van der Waals surface area contributed by atoms with Gasteiger partial charge in [0.2, 0.25) is 0 Å². The SMILES string of the molecule is CC#C[C@@H](CC(=O)O)c1ccc(OCC2C=CCC3(CCCCC3)C2)cc1. The molecule has 27 heavy (non-hydrogen) atoms. The number of carboxylic acid groups (broad SMARTS) is 1. The summed E-state index contributed by atoms with van der Waals surface area (Å²) in [6.07, 6.45) is 14.1. The molecule has 3 nitrogen and oxygen atoms in total. The van der Waals surface area contributed by atoms with E-state index < -0.39 is 5.97 Å². The van der Waals surface area contributed by atoms with Crippen LogP contribution in [0.4, 0.5) is 0 Å². The summed E-state index contributed by atoms with van der Waals surface area (Å²) in [5.74, 6) is 6.05. The predicted octanol–water partition coefficient (Wildman–Crippen LogP) is 5.56. The normalized spacial score (nSPS) is 21.9. The van der Waals surface area contributed by atoms with Crippen molar-refractivity contribution in [1.82, 2.24) is 0 Å². The summed E-state index contributed by atoms with van der Waals surface area (Å²) in [5, 5.41) is 9.06. The molecule has 1 saturated carbocycles. The van der Waals surface area contributed by atoms with Gasteiger partial charge >= 0.3 is 5.97 Å². The van der Waals surface area contributed by atoms with Crippen molar-refractivity contribution >= 4 is 5.97 Å². The number of hydrogen-bond acceptors (Lipinski definition) is 2. The average Bonchev–Trinajstić information content (AvgIpc) is 2.67. The number of carboxylic acids is 1. The molecular weight excluding hydrogens is 336 g/mol. The second kappa shape index (κ2) is 9.13. The fraction of sp³-hybridized carbons (Fsp3) is 0.542. The van der Waals surface area contributed by atoms with Crippen LogP contribution in [0.25, 0.3) is 0 Å². The highest BCUT2D eigenvalue weighted by molar-refractivity contribution is 5.69. The van der Waals surface area contributed by atoms with Gasteiger partial charge in [0.1, 0.15) is 5.75 Å². The van der Waals surface area contributed by atoms with E-state index >= 15 is 0 Å². The van der Waals surface area contributed by atoms with Crippen LogP contribution in [-0.4, -0.2) is 17.7 Å². The lowest BCUT2D eigenvalue weighted by Crippen LogP contribution is -2.30. The third-order valence-corrected chi connectivity index (χ3v) is 6.01. The van der Waals surface area contributed by atoms with Gasteiger partial charge in [-0.3, -0.25) is 4.79 Å². The lowest BCUT2D eigenvalue weighted by atomic mass is 9.65. The predicted molar refractivity (Wildman–Crippen MR) is 108 cm³/mol. The van der Waals surface area contributed by atoms with Crippen molar-refractivity contribution in [1.29, 1.82) is 0 Å². The van der Waals surface area contributed by atoms with E-state index in [0.29, 0.717) is 17.9 Å². The number of allylic oxidation sites excluding steroid dienone is 1. The van der Waals surface area contributed by atoms with Crippen molar-refractivity contribution in [3.8, 4) is 17.6 Å². The van der Waals surface area contributed by atoms with Crippen LogP contribution < -0.4 is 4.74 Å². The van der Waals surface area contributed by atoms with Crippen LogP contribution in [0.1, 0.15) is 69.8 Å². The average molecular weight is 367 g/mol. The fourth-order valence-electron chi connectivity index (χ4n) is 4.64. The summed E-state index contributed by atoms with van der Waals surface area (Å²) in [4.78, 5) is 11.0. The van der Waals surface area contributed by atoms with Gasteiger partial charge in [-0.05, 0) is 55.7 Å². The minimum absolute atomic E-state index is 0.0238.